The Kier molecular flexibility index (Phi) is 8.62. The Balaban J connectivity index is 0.00000154. The van der Waals surface area contributed by atoms with Crippen LogP contribution in [0.4, 0.5) is 0 Å². The molecule has 0 saturated carbocycles. The maximum Gasteiger partial charge on any atom is 0.339 e. The zero-order chi connectivity index (χ0) is 14.7. The Morgan fingerprint density at radius 3 is 2.47 bits per heavy atom. The maximum absolute atomic E-state index is 11.0. The van der Waals surface area contributed by atoms with Crippen LogP contribution in [0.25, 0.3) is 5.57 Å². The SMILES string of the molecule is CC.C\C=C/C=C\C(=C/C)c1ncncc1C(=O)O. The molecule has 0 fully saturated rings. The smallest absolute Gasteiger partial charge is 0.339 e. The van der Waals surface area contributed by atoms with Gasteiger partial charge in [-0.05, 0) is 19.4 Å². The number of aromatic nitrogens is 2. The highest BCUT2D eigenvalue weighted by Crippen LogP contribution is 2.17. The summed E-state index contributed by atoms with van der Waals surface area (Å²) in [5, 5.41) is 9.04. The van der Waals surface area contributed by atoms with Crippen LogP contribution in [-0.2, 0) is 0 Å². The third kappa shape index (κ3) is 5.29. The van der Waals surface area contributed by atoms with Crippen LogP contribution in [0.5, 0.6) is 0 Å². The predicted octanol–water partition coefficient (Wildman–Crippen LogP) is 3.74. The molecule has 0 unspecified atom stereocenters. The number of rotatable bonds is 4. The van der Waals surface area contributed by atoms with E-state index in [9.17, 15) is 4.79 Å². The molecule has 0 aliphatic rings. The van der Waals surface area contributed by atoms with Crippen molar-refractivity contribution < 1.29 is 9.90 Å². The molecule has 1 aromatic heterocycles. The standard InChI is InChI=1S/C13H14N2O2.C2H6/c1-3-5-6-7-10(4-2)12-11(13(16)17)8-14-9-15-12;1-2/h3-9H,1-2H3,(H,16,17);1-2H3/b5-3-,7-6-,10-4+;. The molecule has 1 N–H and O–H groups in total. The molecular formula is C15H20N2O2. The minimum Gasteiger partial charge on any atom is -0.478 e. The van der Waals surface area contributed by atoms with Crippen LogP contribution < -0.4 is 0 Å². The summed E-state index contributed by atoms with van der Waals surface area (Å²) in [5.41, 5.74) is 1.28. The molecule has 0 saturated heterocycles. The average molecular weight is 260 g/mol. The second-order valence-corrected chi connectivity index (χ2v) is 3.22. The van der Waals surface area contributed by atoms with Crippen LogP contribution in [0.2, 0.25) is 0 Å². The molecule has 1 rings (SSSR count). The van der Waals surface area contributed by atoms with Crippen molar-refractivity contribution in [1.82, 2.24) is 9.97 Å². The van der Waals surface area contributed by atoms with Gasteiger partial charge >= 0.3 is 5.97 Å². The van der Waals surface area contributed by atoms with Gasteiger partial charge in [0.1, 0.15) is 11.9 Å². The van der Waals surface area contributed by atoms with Crippen LogP contribution in [0.1, 0.15) is 43.7 Å². The highest BCUT2D eigenvalue weighted by Gasteiger charge is 2.12. The maximum atomic E-state index is 11.0. The molecule has 0 atom stereocenters. The van der Waals surface area contributed by atoms with Gasteiger partial charge in [0.15, 0.2) is 0 Å². The minimum absolute atomic E-state index is 0.103. The summed E-state index contributed by atoms with van der Waals surface area (Å²) in [5.74, 6) is -1.03. The van der Waals surface area contributed by atoms with Crippen LogP contribution in [0.15, 0.2) is 42.9 Å². The van der Waals surface area contributed by atoms with E-state index >= 15 is 0 Å². The van der Waals surface area contributed by atoms with Crippen molar-refractivity contribution in [2.24, 2.45) is 0 Å². The average Bonchev–Trinajstić information content (AvgIpc) is 2.46. The van der Waals surface area contributed by atoms with E-state index < -0.39 is 5.97 Å². The second-order valence-electron chi connectivity index (χ2n) is 3.22. The fourth-order valence-electron chi connectivity index (χ4n) is 1.30. The van der Waals surface area contributed by atoms with Gasteiger partial charge in [-0.2, -0.15) is 0 Å². The quantitative estimate of drug-likeness (QED) is 0.838. The topological polar surface area (TPSA) is 63.1 Å². The Morgan fingerprint density at radius 1 is 1.26 bits per heavy atom. The molecular weight excluding hydrogens is 240 g/mol. The highest BCUT2D eigenvalue weighted by atomic mass is 16.4. The van der Waals surface area contributed by atoms with Gasteiger partial charge in [-0.15, -0.1) is 0 Å². The molecule has 19 heavy (non-hydrogen) atoms. The van der Waals surface area contributed by atoms with E-state index in [1.54, 1.807) is 0 Å². The first-order chi connectivity index (χ1) is 9.20. The largest absolute Gasteiger partial charge is 0.478 e. The monoisotopic (exact) mass is 260 g/mol. The van der Waals surface area contributed by atoms with Gasteiger partial charge in [0.05, 0.1) is 5.69 Å². The van der Waals surface area contributed by atoms with E-state index in [0.29, 0.717) is 5.69 Å². The van der Waals surface area contributed by atoms with E-state index in [2.05, 4.69) is 9.97 Å². The Labute approximate surface area is 114 Å². The molecule has 4 heteroatoms. The lowest BCUT2D eigenvalue weighted by Crippen LogP contribution is -2.04. The molecule has 102 valence electrons. The first kappa shape index (κ1) is 16.8. The minimum atomic E-state index is -1.03. The summed E-state index contributed by atoms with van der Waals surface area (Å²) in [7, 11) is 0. The molecule has 0 aromatic carbocycles. The fourth-order valence-corrected chi connectivity index (χ4v) is 1.30. The lowest BCUT2D eigenvalue weighted by Gasteiger charge is -2.04. The van der Waals surface area contributed by atoms with Crippen molar-refractivity contribution in [2.75, 3.05) is 0 Å². The molecule has 1 aromatic rings. The summed E-state index contributed by atoms with van der Waals surface area (Å²) in [6, 6.07) is 0. The van der Waals surface area contributed by atoms with Crippen molar-refractivity contribution in [3.05, 3.63) is 54.2 Å². The molecule has 1 heterocycles. The number of allylic oxidation sites excluding steroid dienone is 6. The van der Waals surface area contributed by atoms with E-state index in [1.807, 2.05) is 58.1 Å². The third-order valence-electron chi connectivity index (χ3n) is 2.11. The van der Waals surface area contributed by atoms with Crippen molar-refractivity contribution in [2.45, 2.75) is 27.7 Å². The number of carboxylic acid groups (broad SMARTS) is 1. The van der Waals surface area contributed by atoms with Gasteiger partial charge < -0.3 is 5.11 Å². The van der Waals surface area contributed by atoms with E-state index in [1.165, 1.54) is 12.5 Å². The Bertz CT molecular complexity index is 489. The molecule has 0 spiro atoms. The van der Waals surface area contributed by atoms with E-state index in [0.717, 1.165) is 5.57 Å². The molecule has 0 amide bonds. The summed E-state index contributed by atoms with van der Waals surface area (Å²) in [6.07, 6.45) is 11.9. The number of nitrogens with zero attached hydrogens (tertiary/aromatic N) is 2. The number of aromatic carboxylic acids is 1. The van der Waals surface area contributed by atoms with Gasteiger partial charge in [-0.1, -0.05) is 44.2 Å². The van der Waals surface area contributed by atoms with Crippen LogP contribution in [0.3, 0.4) is 0 Å². The first-order valence-electron chi connectivity index (χ1n) is 6.20. The lowest BCUT2D eigenvalue weighted by molar-refractivity contribution is 0.0695. The molecule has 0 bridgehead atoms. The zero-order valence-corrected chi connectivity index (χ0v) is 11.8. The van der Waals surface area contributed by atoms with Gasteiger partial charge in [0.2, 0.25) is 0 Å². The second kappa shape index (κ2) is 9.76. The number of hydrogen-bond donors (Lipinski definition) is 1. The van der Waals surface area contributed by atoms with Crippen molar-refractivity contribution in [3.63, 3.8) is 0 Å². The highest BCUT2D eigenvalue weighted by molar-refractivity contribution is 5.94. The summed E-state index contributed by atoms with van der Waals surface area (Å²) in [4.78, 5) is 18.8. The summed E-state index contributed by atoms with van der Waals surface area (Å²) in [6.45, 7) is 7.75. The lowest BCUT2D eigenvalue weighted by atomic mass is 10.1. The predicted molar refractivity (Wildman–Crippen MR) is 77.9 cm³/mol. The Hall–Kier alpha value is -2.23. The normalized spacial score (nSPS) is 11.5. The zero-order valence-electron chi connectivity index (χ0n) is 11.8. The van der Waals surface area contributed by atoms with Gasteiger partial charge in [0.25, 0.3) is 0 Å². The van der Waals surface area contributed by atoms with E-state index in [4.69, 9.17) is 5.11 Å². The van der Waals surface area contributed by atoms with Gasteiger partial charge in [-0.3, -0.25) is 0 Å². The molecule has 0 aliphatic heterocycles. The van der Waals surface area contributed by atoms with Crippen molar-refractivity contribution in [3.8, 4) is 0 Å². The third-order valence-corrected chi connectivity index (χ3v) is 2.11. The summed E-state index contributed by atoms with van der Waals surface area (Å²) >= 11 is 0. The van der Waals surface area contributed by atoms with Crippen LogP contribution in [0, 0.1) is 0 Å². The number of hydrogen-bond acceptors (Lipinski definition) is 3. The van der Waals surface area contributed by atoms with Crippen LogP contribution in [-0.4, -0.2) is 21.0 Å². The molecule has 4 nitrogen and oxygen atoms in total. The fraction of sp³-hybridized carbons (Fsp3) is 0.267. The first-order valence-corrected chi connectivity index (χ1v) is 6.20. The Morgan fingerprint density at radius 2 is 1.95 bits per heavy atom. The molecule has 0 aliphatic carbocycles. The van der Waals surface area contributed by atoms with Crippen molar-refractivity contribution >= 4 is 11.5 Å². The van der Waals surface area contributed by atoms with Gasteiger partial charge in [-0.25, -0.2) is 14.8 Å². The number of carbonyl (C=O) groups is 1. The van der Waals surface area contributed by atoms with Gasteiger partial charge in [0, 0.05) is 6.20 Å². The van der Waals surface area contributed by atoms with Crippen LogP contribution >= 0.6 is 0 Å². The number of carboxylic acids is 1. The summed E-state index contributed by atoms with van der Waals surface area (Å²) < 4.78 is 0. The molecule has 0 radical (unpaired) electrons. The van der Waals surface area contributed by atoms with E-state index in [-0.39, 0.29) is 5.56 Å². The van der Waals surface area contributed by atoms with Crippen molar-refractivity contribution in [1.29, 1.82) is 0 Å².